The molecule has 0 radical (unpaired) electrons. The average Bonchev–Trinajstić information content (AvgIpc) is 2.32. The van der Waals surface area contributed by atoms with Crippen molar-refractivity contribution in [2.24, 2.45) is 5.41 Å². The number of hydrogen-bond donors (Lipinski definition) is 0. The third-order valence-corrected chi connectivity index (χ3v) is 3.40. The monoisotopic (exact) mass is 184 g/mol. The van der Waals surface area contributed by atoms with Gasteiger partial charge in [0.25, 0.3) is 0 Å². The maximum absolute atomic E-state index is 6.15. The molecule has 0 spiro atoms. The van der Waals surface area contributed by atoms with Crippen LogP contribution in [0, 0.1) is 5.41 Å². The molecule has 1 rings (SSSR count). The third kappa shape index (κ3) is 2.07. The van der Waals surface area contributed by atoms with Gasteiger partial charge in [0, 0.05) is 0 Å². The van der Waals surface area contributed by atoms with E-state index in [2.05, 4.69) is 34.6 Å². The highest BCUT2D eigenvalue weighted by atomic mass is 16.5. The molecule has 78 valence electrons. The van der Waals surface area contributed by atoms with Crippen LogP contribution in [0.4, 0.5) is 0 Å². The molecule has 2 atom stereocenters. The summed E-state index contributed by atoms with van der Waals surface area (Å²) >= 11 is 0. The fraction of sp³-hybridized carbons (Fsp3) is 1.00. The largest absolute Gasteiger partial charge is 0.372 e. The van der Waals surface area contributed by atoms with Crippen LogP contribution in [-0.2, 0) is 4.74 Å². The lowest BCUT2D eigenvalue weighted by atomic mass is 9.72. The molecule has 0 aromatic carbocycles. The van der Waals surface area contributed by atoms with Crippen molar-refractivity contribution < 1.29 is 4.74 Å². The Kier molecular flexibility index (Phi) is 3.06. The van der Waals surface area contributed by atoms with Crippen molar-refractivity contribution in [3.05, 3.63) is 0 Å². The van der Waals surface area contributed by atoms with E-state index in [0.717, 1.165) is 0 Å². The van der Waals surface area contributed by atoms with Gasteiger partial charge in [-0.05, 0) is 31.6 Å². The second-order valence-corrected chi connectivity index (χ2v) is 5.46. The Morgan fingerprint density at radius 3 is 2.31 bits per heavy atom. The zero-order valence-electron chi connectivity index (χ0n) is 9.81. The molecule has 1 nitrogen and oxygen atoms in total. The van der Waals surface area contributed by atoms with Crippen LogP contribution >= 0.6 is 0 Å². The first-order valence-corrected chi connectivity index (χ1v) is 5.59. The van der Waals surface area contributed by atoms with Crippen molar-refractivity contribution in [1.29, 1.82) is 0 Å². The van der Waals surface area contributed by atoms with Gasteiger partial charge in [0.1, 0.15) is 0 Å². The van der Waals surface area contributed by atoms with E-state index in [1.807, 2.05) is 0 Å². The summed E-state index contributed by atoms with van der Waals surface area (Å²) in [5, 5.41) is 0. The summed E-state index contributed by atoms with van der Waals surface area (Å²) in [5.74, 6) is 0. The molecule has 1 heterocycles. The predicted octanol–water partition coefficient (Wildman–Crippen LogP) is 3.77. The van der Waals surface area contributed by atoms with Gasteiger partial charge in [-0.25, -0.2) is 0 Å². The summed E-state index contributed by atoms with van der Waals surface area (Å²) < 4.78 is 6.15. The van der Waals surface area contributed by atoms with Crippen LogP contribution in [0.25, 0.3) is 0 Å². The average molecular weight is 184 g/mol. The normalized spacial score (nSPS) is 35.3. The molecule has 0 aliphatic carbocycles. The molecule has 0 N–H and O–H groups in total. The quantitative estimate of drug-likeness (QED) is 0.634. The number of hydrogen-bond acceptors (Lipinski definition) is 1. The van der Waals surface area contributed by atoms with E-state index in [-0.39, 0.29) is 11.0 Å². The molecule has 1 aliphatic rings. The first-order valence-electron chi connectivity index (χ1n) is 5.59. The van der Waals surface area contributed by atoms with Gasteiger partial charge in [-0.15, -0.1) is 0 Å². The lowest BCUT2D eigenvalue weighted by molar-refractivity contribution is -0.109. The second kappa shape index (κ2) is 3.61. The highest BCUT2D eigenvalue weighted by Gasteiger charge is 2.46. The Hall–Kier alpha value is -0.0400. The summed E-state index contributed by atoms with van der Waals surface area (Å²) in [6.45, 7) is 11.4. The fourth-order valence-corrected chi connectivity index (χ4v) is 2.45. The zero-order chi connectivity index (χ0) is 10.1. The Morgan fingerprint density at radius 2 is 2.00 bits per heavy atom. The number of rotatable bonds is 2. The molecule has 1 saturated heterocycles. The molecule has 1 aliphatic heterocycles. The lowest BCUT2D eigenvalue weighted by Gasteiger charge is -2.41. The number of ether oxygens (including phenoxy) is 1. The van der Waals surface area contributed by atoms with E-state index in [1.54, 1.807) is 0 Å². The van der Waals surface area contributed by atoms with E-state index in [0.29, 0.717) is 6.10 Å². The molecule has 0 aromatic heterocycles. The van der Waals surface area contributed by atoms with E-state index in [4.69, 9.17) is 4.74 Å². The van der Waals surface area contributed by atoms with Crippen molar-refractivity contribution in [3.8, 4) is 0 Å². The first kappa shape index (κ1) is 11.0. The van der Waals surface area contributed by atoms with Crippen LogP contribution in [0.15, 0.2) is 0 Å². The Morgan fingerprint density at radius 1 is 1.38 bits per heavy atom. The van der Waals surface area contributed by atoms with Crippen LogP contribution in [0.2, 0.25) is 0 Å². The molecular weight excluding hydrogens is 160 g/mol. The fourth-order valence-electron chi connectivity index (χ4n) is 2.45. The standard InChI is InChI=1S/C12H24O/c1-6-8-12(11(3,4)5)9-7-10(2)13-12/h10H,6-9H2,1-5H3/t10-,12+/m1/s1. The minimum absolute atomic E-state index is 0.154. The second-order valence-electron chi connectivity index (χ2n) is 5.46. The van der Waals surface area contributed by atoms with E-state index in [1.165, 1.54) is 25.7 Å². The molecule has 0 aromatic rings. The summed E-state index contributed by atoms with van der Waals surface area (Å²) in [5.41, 5.74) is 0.439. The molecule has 0 bridgehead atoms. The molecule has 1 heteroatoms. The van der Waals surface area contributed by atoms with Crippen molar-refractivity contribution >= 4 is 0 Å². The van der Waals surface area contributed by atoms with Gasteiger partial charge >= 0.3 is 0 Å². The summed E-state index contributed by atoms with van der Waals surface area (Å²) in [6.07, 6.45) is 5.37. The van der Waals surface area contributed by atoms with Crippen LogP contribution in [0.5, 0.6) is 0 Å². The van der Waals surface area contributed by atoms with E-state index < -0.39 is 0 Å². The first-order chi connectivity index (χ1) is 5.91. The minimum Gasteiger partial charge on any atom is -0.372 e. The van der Waals surface area contributed by atoms with Crippen molar-refractivity contribution in [2.75, 3.05) is 0 Å². The van der Waals surface area contributed by atoms with Gasteiger partial charge in [-0.3, -0.25) is 0 Å². The SMILES string of the molecule is CCC[C@@]1(C(C)(C)C)CC[C@@H](C)O1. The summed E-state index contributed by atoms with van der Waals surface area (Å²) in [7, 11) is 0. The molecule has 13 heavy (non-hydrogen) atoms. The van der Waals surface area contributed by atoms with E-state index in [9.17, 15) is 0 Å². The molecule has 0 amide bonds. The Bertz CT molecular complexity index is 164. The van der Waals surface area contributed by atoms with Gasteiger partial charge in [0.05, 0.1) is 11.7 Å². The molecule has 0 unspecified atom stereocenters. The van der Waals surface area contributed by atoms with Crippen molar-refractivity contribution in [3.63, 3.8) is 0 Å². The highest BCUT2D eigenvalue weighted by molar-refractivity contribution is 4.96. The maximum atomic E-state index is 6.15. The van der Waals surface area contributed by atoms with Gasteiger partial charge in [0.2, 0.25) is 0 Å². The third-order valence-electron chi connectivity index (χ3n) is 3.40. The molecule has 1 fully saturated rings. The predicted molar refractivity (Wildman–Crippen MR) is 56.9 cm³/mol. The van der Waals surface area contributed by atoms with Gasteiger partial charge in [-0.1, -0.05) is 34.1 Å². The van der Waals surface area contributed by atoms with Gasteiger partial charge < -0.3 is 4.74 Å². The van der Waals surface area contributed by atoms with Crippen LogP contribution in [0.3, 0.4) is 0 Å². The Labute approximate surface area is 82.9 Å². The van der Waals surface area contributed by atoms with Gasteiger partial charge in [0.15, 0.2) is 0 Å². The summed E-state index contributed by atoms with van der Waals surface area (Å²) in [6, 6.07) is 0. The van der Waals surface area contributed by atoms with Crippen molar-refractivity contribution in [2.45, 2.75) is 72.0 Å². The smallest absolute Gasteiger partial charge is 0.0735 e. The van der Waals surface area contributed by atoms with Crippen molar-refractivity contribution in [1.82, 2.24) is 0 Å². The minimum atomic E-state index is 0.154. The summed E-state index contributed by atoms with van der Waals surface area (Å²) in [4.78, 5) is 0. The molecule has 0 saturated carbocycles. The highest BCUT2D eigenvalue weighted by Crippen LogP contribution is 2.46. The topological polar surface area (TPSA) is 9.23 Å². The van der Waals surface area contributed by atoms with Crippen LogP contribution in [0.1, 0.15) is 60.3 Å². The van der Waals surface area contributed by atoms with Gasteiger partial charge in [-0.2, -0.15) is 0 Å². The van der Waals surface area contributed by atoms with Crippen LogP contribution < -0.4 is 0 Å². The Balaban J connectivity index is 2.77. The lowest BCUT2D eigenvalue weighted by Crippen LogP contribution is -2.42. The van der Waals surface area contributed by atoms with E-state index >= 15 is 0 Å². The zero-order valence-corrected chi connectivity index (χ0v) is 9.81. The van der Waals surface area contributed by atoms with Crippen LogP contribution in [-0.4, -0.2) is 11.7 Å². The maximum Gasteiger partial charge on any atom is 0.0735 e. The molecular formula is C12H24O.